The van der Waals surface area contributed by atoms with E-state index in [1.54, 1.807) is 0 Å². The van der Waals surface area contributed by atoms with Crippen LogP contribution in [0.15, 0.2) is 48.5 Å². The number of carbonyl (C=O) groups excluding carboxylic acids is 2. The molecule has 29 heavy (non-hydrogen) atoms. The number of benzene rings is 2. The summed E-state index contributed by atoms with van der Waals surface area (Å²) < 4.78 is 5.34. The Hall–Kier alpha value is -3.39. The van der Waals surface area contributed by atoms with Gasteiger partial charge in [0, 0.05) is 5.92 Å². The number of carboxylic acid groups (broad SMARTS) is 1. The number of amides is 2. The molecule has 0 aliphatic heterocycles. The minimum atomic E-state index is -1.44. The average Bonchev–Trinajstić information content (AvgIpc) is 3.03. The maximum atomic E-state index is 12.1. The van der Waals surface area contributed by atoms with E-state index in [0.29, 0.717) is 0 Å². The summed E-state index contributed by atoms with van der Waals surface area (Å²) in [5, 5.41) is 22.3. The van der Waals surface area contributed by atoms with E-state index >= 15 is 0 Å². The Kier molecular flexibility index (Phi) is 6.13. The van der Waals surface area contributed by atoms with Crippen molar-refractivity contribution in [3.8, 4) is 11.1 Å². The molecule has 2 amide bonds. The minimum absolute atomic E-state index is 0.0998. The molecule has 0 saturated heterocycles. The molecule has 2 unspecified atom stereocenters. The molecule has 152 valence electrons. The third-order valence-corrected chi connectivity index (χ3v) is 4.87. The Bertz CT molecular complexity index is 883. The predicted molar refractivity (Wildman–Crippen MR) is 104 cm³/mol. The summed E-state index contributed by atoms with van der Waals surface area (Å²) in [5.41, 5.74) is 4.35. The molecular formula is C21H22N2O6. The highest BCUT2D eigenvalue weighted by atomic mass is 16.5. The fraction of sp³-hybridized carbons (Fsp3) is 0.286. The van der Waals surface area contributed by atoms with Crippen LogP contribution < -0.4 is 10.6 Å². The lowest BCUT2D eigenvalue weighted by Crippen LogP contribution is -2.51. The van der Waals surface area contributed by atoms with Gasteiger partial charge in [-0.05, 0) is 29.2 Å². The highest BCUT2D eigenvalue weighted by Crippen LogP contribution is 2.44. The smallest absolute Gasteiger partial charge is 0.407 e. The topological polar surface area (TPSA) is 125 Å². The van der Waals surface area contributed by atoms with Crippen LogP contribution in [0, 0.1) is 0 Å². The molecule has 0 radical (unpaired) electrons. The zero-order valence-electron chi connectivity index (χ0n) is 15.8. The Labute approximate surface area is 167 Å². The molecule has 0 spiro atoms. The molecule has 4 N–H and O–H groups in total. The van der Waals surface area contributed by atoms with Crippen molar-refractivity contribution in [2.24, 2.45) is 0 Å². The van der Waals surface area contributed by atoms with Gasteiger partial charge in [0.15, 0.2) is 0 Å². The quantitative estimate of drug-likeness (QED) is 0.560. The first kappa shape index (κ1) is 20.3. The molecule has 0 saturated carbocycles. The highest BCUT2D eigenvalue weighted by molar-refractivity contribution is 5.89. The highest BCUT2D eigenvalue weighted by Gasteiger charge is 2.29. The summed E-state index contributed by atoms with van der Waals surface area (Å²) >= 11 is 0. The summed E-state index contributed by atoms with van der Waals surface area (Å²) in [7, 11) is 0. The van der Waals surface area contributed by atoms with Crippen LogP contribution in [-0.4, -0.2) is 53.5 Å². The molecule has 3 rings (SSSR count). The van der Waals surface area contributed by atoms with Gasteiger partial charge in [-0.15, -0.1) is 0 Å². The van der Waals surface area contributed by atoms with Crippen LogP contribution in [0.5, 0.6) is 0 Å². The Balaban J connectivity index is 1.60. The molecule has 2 aromatic carbocycles. The van der Waals surface area contributed by atoms with Crippen LogP contribution in [0.4, 0.5) is 4.79 Å². The number of fused-ring (bicyclic) bond motifs is 3. The second kappa shape index (κ2) is 8.74. The number of hydrogen-bond donors (Lipinski definition) is 4. The summed E-state index contributed by atoms with van der Waals surface area (Å²) in [6.07, 6.45) is -0.787. The summed E-state index contributed by atoms with van der Waals surface area (Å²) in [5.74, 6) is -2.21. The number of aliphatic hydroxyl groups is 1. The van der Waals surface area contributed by atoms with Crippen LogP contribution in [0.25, 0.3) is 11.1 Å². The fourth-order valence-electron chi connectivity index (χ4n) is 3.36. The van der Waals surface area contributed by atoms with Gasteiger partial charge in [0.2, 0.25) is 5.91 Å². The third kappa shape index (κ3) is 4.38. The molecule has 0 aromatic heterocycles. The van der Waals surface area contributed by atoms with Gasteiger partial charge < -0.3 is 25.6 Å². The number of carbonyl (C=O) groups is 3. The zero-order chi connectivity index (χ0) is 21.0. The van der Waals surface area contributed by atoms with Gasteiger partial charge in [-0.2, -0.15) is 0 Å². The molecule has 8 heteroatoms. The third-order valence-electron chi connectivity index (χ3n) is 4.87. The standard InChI is InChI=1S/C21H22N2O6/c1-12(19(25)23-18(10-24)20(26)27)22-21(28)29-11-17-15-8-4-2-6-13(15)14-7-3-5-9-16(14)17/h2-9,12,17-18,24H,10-11H2,1H3,(H,22,28)(H,23,25)(H,26,27). The van der Waals surface area contributed by atoms with Crippen molar-refractivity contribution >= 4 is 18.0 Å². The van der Waals surface area contributed by atoms with Crippen molar-refractivity contribution in [3.63, 3.8) is 0 Å². The van der Waals surface area contributed by atoms with Crippen molar-refractivity contribution < 1.29 is 29.3 Å². The maximum Gasteiger partial charge on any atom is 0.407 e. The van der Waals surface area contributed by atoms with Gasteiger partial charge in [-0.25, -0.2) is 9.59 Å². The van der Waals surface area contributed by atoms with E-state index in [0.717, 1.165) is 22.3 Å². The molecule has 0 bridgehead atoms. The van der Waals surface area contributed by atoms with Crippen LogP contribution in [0.1, 0.15) is 24.0 Å². The molecule has 0 fully saturated rings. The zero-order valence-corrected chi connectivity index (χ0v) is 15.8. The number of aliphatic hydroxyl groups excluding tert-OH is 1. The molecular weight excluding hydrogens is 376 g/mol. The summed E-state index contributed by atoms with van der Waals surface area (Å²) in [6.45, 7) is 0.744. The first-order valence-corrected chi connectivity index (χ1v) is 9.18. The van der Waals surface area contributed by atoms with Crippen LogP contribution in [0.3, 0.4) is 0 Å². The number of ether oxygens (including phenoxy) is 1. The van der Waals surface area contributed by atoms with Gasteiger partial charge in [0.25, 0.3) is 0 Å². The van der Waals surface area contributed by atoms with Crippen LogP contribution >= 0.6 is 0 Å². The van der Waals surface area contributed by atoms with Gasteiger partial charge in [0.1, 0.15) is 18.7 Å². The average molecular weight is 398 g/mol. The molecule has 1 aliphatic rings. The Morgan fingerprint density at radius 2 is 1.55 bits per heavy atom. The largest absolute Gasteiger partial charge is 0.480 e. The fourth-order valence-corrected chi connectivity index (χ4v) is 3.36. The second-order valence-corrected chi connectivity index (χ2v) is 6.77. The summed E-state index contributed by atoms with van der Waals surface area (Å²) in [4.78, 5) is 35.0. The predicted octanol–water partition coefficient (Wildman–Crippen LogP) is 1.48. The van der Waals surface area contributed by atoms with E-state index < -0.39 is 36.7 Å². The number of alkyl carbamates (subject to hydrolysis) is 1. The van der Waals surface area contributed by atoms with Crippen molar-refractivity contribution in [1.29, 1.82) is 0 Å². The monoisotopic (exact) mass is 398 g/mol. The molecule has 0 heterocycles. The van der Waals surface area contributed by atoms with Crippen LogP contribution in [-0.2, 0) is 14.3 Å². The molecule has 8 nitrogen and oxygen atoms in total. The van der Waals surface area contributed by atoms with Crippen LogP contribution in [0.2, 0.25) is 0 Å². The Morgan fingerprint density at radius 3 is 2.07 bits per heavy atom. The number of nitrogens with one attached hydrogen (secondary N) is 2. The molecule has 1 aliphatic carbocycles. The lowest BCUT2D eigenvalue weighted by molar-refractivity contribution is -0.143. The van der Waals surface area contributed by atoms with E-state index in [1.807, 2.05) is 48.5 Å². The SMILES string of the molecule is CC(NC(=O)OCC1c2ccccc2-c2ccccc21)C(=O)NC(CO)C(=O)O. The van der Waals surface area contributed by atoms with Crippen molar-refractivity contribution in [2.75, 3.05) is 13.2 Å². The number of hydrogen-bond acceptors (Lipinski definition) is 5. The van der Waals surface area contributed by atoms with E-state index in [4.69, 9.17) is 14.9 Å². The lowest BCUT2D eigenvalue weighted by Gasteiger charge is -2.18. The normalized spacial score (nSPS) is 14.3. The van der Waals surface area contributed by atoms with E-state index in [-0.39, 0.29) is 12.5 Å². The number of rotatable bonds is 7. The number of carboxylic acids is 1. The molecule has 2 aromatic rings. The van der Waals surface area contributed by atoms with E-state index in [9.17, 15) is 14.4 Å². The maximum absolute atomic E-state index is 12.1. The van der Waals surface area contributed by atoms with Gasteiger partial charge >= 0.3 is 12.1 Å². The van der Waals surface area contributed by atoms with Gasteiger partial charge in [-0.1, -0.05) is 48.5 Å². The second-order valence-electron chi connectivity index (χ2n) is 6.77. The summed E-state index contributed by atoms with van der Waals surface area (Å²) in [6, 6.07) is 13.4. The lowest BCUT2D eigenvalue weighted by atomic mass is 9.98. The van der Waals surface area contributed by atoms with Crippen molar-refractivity contribution in [1.82, 2.24) is 10.6 Å². The number of aliphatic carboxylic acids is 1. The van der Waals surface area contributed by atoms with Gasteiger partial charge in [0.05, 0.1) is 6.61 Å². The first-order chi connectivity index (χ1) is 13.9. The van der Waals surface area contributed by atoms with Crippen molar-refractivity contribution in [3.05, 3.63) is 59.7 Å². The Morgan fingerprint density at radius 1 is 1.00 bits per heavy atom. The van der Waals surface area contributed by atoms with Gasteiger partial charge in [-0.3, -0.25) is 4.79 Å². The minimum Gasteiger partial charge on any atom is -0.480 e. The first-order valence-electron chi connectivity index (χ1n) is 9.18. The van der Waals surface area contributed by atoms with Crippen molar-refractivity contribution in [2.45, 2.75) is 24.9 Å². The van der Waals surface area contributed by atoms with E-state index in [1.165, 1.54) is 6.92 Å². The van der Waals surface area contributed by atoms with E-state index in [2.05, 4.69) is 10.6 Å². The molecule has 2 atom stereocenters.